The van der Waals surface area contributed by atoms with Gasteiger partial charge in [-0.1, -0.05) is 55.5 Å². The normalized spacial score (nSPS) is 52.1. The molecule has 5 aliphatic rings. The Morgan fingerprint density at radius 2 is 1.85 bits per heavy atom. The lowest BCUT2D eigenvalue weighted by Gasteiger charge is -2.47. The second-order valence-electron chi connectivity index (χ2n) is 10.5. The highest BCUT2D eigenvalue weighted by Gasteiger charge is 2.62. The van der Waals surface area contributed by atoms with Crippen LogP contribution in [-0.4, -0.2) is 71.6 Å². The highest BCUT2D eigenvalue weighted by Crippen LogP contribution is 2.56. The average Bonchev–Trinajstić information content (AvgIpc) is 3.11. The number of amides is 1. The molecular formula is C26H36N2O6. The van der Waals surface area contributed by atoms with E-state index in [1.54, 1.807) is 0 Å². The van der Waals surface area contributed by atoms with Crippen LogP contribution in [0.5, 0.6) is 0 Å². The number of nitrogens with two attached hydrogens (primary N) is 1. The summed E-state index contributed by atoms with van der Waals surface area (Å²) >= 11 is 0. The van der Waals surface area contributed by atoms with E-state index < -0.39 is 36.2 Å². The number of aliphatic hydroxyl groups is 2. The molecule has 0 radical (unpaired) electrons. The molecule has 3 aliphatic heterocycles. The first kappa shape index (κ1) is 23.9. The van der Waals surface area contributed by atoms with Gasteiger partial charge in [0.1, 0.15) is 18.3 Å². The average molecular weight is 473 g/mol. The van der Waals surface area contributed by atoms with Gasteiger partial charge in [-0.05, 0) is 12.8 Å². The minimum atomic E-state index is -1.13. The Morgan fingerprint density at radius 3 is 2.68 bits per heavy atom. The first-order valence-electron chi connectivity index (χ1n) is 12.3. The van der Waals surface area contributed by atoms with E-state index in [0.29, 0.717) is 6.54 Å². The van der Waals surface area contributed by atoms with Gasteiger partial charge in [0.05, 0.1) is 30.8 Å². The molecule has 2 fully saturated rings. The number of aliphatic hydroxyl groups excluding tert-OH is 2. The molecule has 0 aromatic heterocycles. The lowest BCUT2D eigenvalue weighted by atomic mass is 9.60. The summed E-state index contributed by atoms with van der Waals surface area (Å²) < 4.78 is 18.7. The highest BCUT2D eigenvalue weighted by atomic mass is 16.7. The highest BCUT2D eigenvalue weighted by molar-refractivity contribution is 5.76. The Labute approximate surface area is 200 Å². The van der Waals surface area contributed by atoms with Crippen LogP contribution in [0.3, 0.4) is 0 Å². The zero-order valence-electron chi connectivity index (χ0n) is 19.7. The largest absolute Gasteiger partial charge is 0.389 e. The molecule has 2 aliphatic carbocycles. The Morgan fingerprint density at radius 1 is 1.12 bits per heavy atom. The zero-order valence-corrected chi connectivity index (χ0v) is 19.7. The fourth-order valence-electron chi connectivity index (χ4n) is 6.28. The number of carbonyl (C=O) groups is 1. The van der Waals surface area contributed by atoms with E-state index in [4.69, 9.17) is 19.9 Å². The number of hydrogen-bond acceptors (Lipinski definition) is 7. The van der Waals surface area contributed by atoms with Crippen molar-refractivity contribution >= 4 is 5.91 Å². The van der Waals surface area contributed by atoms with Crippen molar-refractivity contribution in [1.82, 2.24) is 5.32 Å². The van der Waals surface area contributed by atoms with E-state index in [1.165, 1.54) is 0 Å². The van der Waals surface area contributed by atoms with Crippen molar-refractivity contribution in [2.75, 3.05) is 13.2 Å². The maximum Gasteiger partial charge on any atom is 0.222 e. The molecule has 8 heteroatoms. The maximum absolute atomic E-state index is 12.8. The van der Waals surface area contributed by atoms with E-state index in [2.05, 4.69) is 54.8 Å². The monoisotopic (exact) mass is 472 g/mol. The van der Waals surface area contributed by atoms with Crippen LogP contribution < -0.4 is 11.1 Å². The molecule has 8 nitrogen and oxygen atoms in total. The number of hydrogen-bond donors (Lipinski definition) is 4. The Bertz CT molecular complexity index is 902. The van der Waals surface area contributed by atoms with Gasteiger partial charge in [0.15, 0.2) is 6.29 Å². The fraction of sp³-hybridized carbons (Fsp3) is 0.654. The van der Waals surface area contributed by atoms with Crippen LogP contribution in [0.2, 0.25) is 0 Å². The van der Waals surface area contributed by atoms with Gasteiger partial charge < -0.3 is 35.5 Å². The van der Waals surface area contributed by atoms with Crippen molar-refractivity contribution in [2.24, 2.45) is 35.3 Å². The summed E-state index contributed by atoms with van der Waals surface area (Å²) in [5.74, 6) is 0.747. The fourth-order valence-corrected chi connectivity index (χ4v) is 6.28. The Hall–Kier alpha value is -1.81. The van der Waals surface area contributed by atoms with Gasteiger partial charge in [-0.25, -0.2) is 0 Å². The maximum atomic E-state index is 12.8. The quantitative estimate of drug-likeness (QED) is 0.439. The number of ether oxygens (including phenoxy) is 3. The standard InChI is InChI=1S/C26H36N2O6/c1-14-5-3-4-6-15-7-8-16-9-10-19(33-25-23(27)24(31)17(29)13-32-25)26(2)22(16)21(15)18(34-26)11-20(30)28-12-14/h3-10,14-19,21-25,29,31H,11-13,27H2,1-2H3,(H,28,30)/b5-3-,6-4+/t14?,15-,16-,17-,18-,19+,21-,22+,23-,24+,25+,26+/m0/s1. The zero-order chi connectivity index (χ0) is 24.0. The van der Waals surface area contributed by atoms with E-state index in [0.717, 1.165) is 0 Å². The van der Waals surface area contributed by atoms with Gasteiger partial charge in [-0.15, -0.1) is 0 Å². The predicted octanol–water partition coefficient (Wildman–Crippen LogP) is 0.807. The molecule has 1 unspecified atom stereocenters. The predicted molar refractivity (Wildman–Crippen MR) is 125 cm³/mol. The molecule has 0 aromatic rings. The summed E-state index contributed by atoms with van der Waals surface area (Å²) in [6.45, 7) is 4.66. The van der Waals surface area contributed by atoms with Crippen molar-refractivity contribution in [2.45, 2.75) is 62.6 Å². The molecule has 186 valence electrons. The summed E-state index contributed by atoms with van der Waals surface area (Å²) in [6.07, 6.45) is 13.5. The molecule has 0 bridgehead atoms. The number of nitrogens with one attached hydrogen (secondary N) is 1. The molecular weight excluding hydrogens is 436 g/mol. The van der Waals surface area contributed by atoms with Crippen molar-refractivity contribution in [1.29, 1.82) is 0 Å². The minimum absolute atomic E-state index is 0.0120. The molecule has 5 rings (SSSR count). The number of allylic oxidation sites excluding steroid dienone is 6. The van der Waals surface area contributed by atoms with Crippen LogP contribution >= 0.6 is 0 Å². The van der Waals surface area contributed by atoms with E-state index in [9.17, 15) is 15.0 Å². The molecule has 12 atom stereocenters. The molecule has 0 saturated carbocycles. The van der Waals surface area contributed by atoms with Gasteiger partial charge in [0.2, 0.25) is 5.91 Å². The number of carbonyl (C=O) groups excluding carboxylic acids is 1. The van der Waals surface area contributed by atoms with Crippen LogP contribution in [-0.2, 0) is 19.0 Å². The second kappa shape index (κ2) is 9.33. The van der Waals surface area contributed by atoms with Crippen molar-refractivity contribution < 1.29 is 29.2 Å². The lowest BCUT2D eigenvalue weighted by molar-refractivity contribution is -0.263. The first-order valence-corrected chi connectivity index (χ1v) is 12.3. The van der Waals surface area contributed by atoms with Crippen LogP contribution in [0, 0.1) is 29.6 Å². The van der Waals surface area contributed by atoms with Crippen LogP contribution in [0.4, 0.5) is 0 Å². The molecule has 2 saturated heterocycles. The SMILES string of the molecule is CC1/C=C\C=C\[C@H]2C=C[C@H]3C=C[C@@H](O[C@H]4OC[C@H](O)[C@@H](O)[C@@H]4N)[C@@]4(C)O[C@@H](CC(=O)NC1)[C@H]2[C@@H]34. The van der Waals surface area contributed by atoms with E-state index in [-0.39, 0.29) is 54.6 Å². The van der Waals surface area contributed by atoms with Crippen LogP contribution in [0.25, 0.3) is 0 Å². The number of rotatable bonds is 2. The third-order valence-electron chi connectivity index (χ3n) is 8.11. The third kappa shape index (κ3) is 4.21. The molecule has 34 heavy (non-hydrogen) atoms. The van der Waals surface area contributed by atoms with E-state index >= 15 is 0 Å². The summed E-state index contributed by atoms with van der Waals surface area (Å²) in [5, 5.41) is 23.1. The van der Waals surface area contributed by atoms with Gasteiger partial charge in [-0.2, -0.15) is 0 Å². The van der Waals surface area contributed by atoms with Crippen molar-refractivity contribution in [3.8, 4) is 0 Å². The van der Waals surface area contributed by atoms with Gasteiger partial charge in [-0.3, -0.25) is 4.79 Å². The minimum Gasteiger partial charge on any atom is -0.389 e. The summed E-state index contributed by atoms with van der Waals surface area (Å²) in [7, 11) is 0. The Kier molecular flexibility index (Phi) is 6.56. The van der Waals surface area contributed by atoms with Crippen LogP contribution in [0.15, 0.2) is 48.6 Å². The van der Waals surface area contributed by atoms with Crippen LogP contribution in [0.1, 0.15) is 20.3 Å². The van der Waals surface area contributed by atoms with Crippen molar-refractivity contribution in [3.05, 3.63) is 48.6 Å². The first-order chi connectivity index (χ1) is 16.3. The smallest absolute Gasteiger partial charge is 0.222 e. The molecule has 3 heterocycles. The summed E-state index contributed by atoms with van der Waals surface area (Å²) in [6, 6.07) is -0.880. The Balaban J connectivity index is 1.44. The molecule has 0 aromatic carbocycles. The molecule has 0 spiro atoms. The van der Waals surface area contributed by atoms with Gasteiger partial charge in [0.25, 0.3) is 0 Å². The molecule has 5 N–H and O–H groups in total. The van der Waals surface area contributed by atoms with Gasteiger partial charge in [0, 0.05) is 30.2 Å². The topological polar surface area (TPSA) is 123 Å². The third-order valence-corrected chi connectivity index (χ3v) is 8.11. The molecule has 1 amide bonds. The summed E-state index contributed by atoms with van der Waals surface area (Å²) in [5.41, 5.74) is 5.41. The van der Waals surface area contributed by atoms with E-state index in [1.807, 2.05) is 13.0 Å². The van der Waals surface area contributed by atoms with Crippen molar-refractivity contribution in [3.63, 3.8) is 0 Å². The van der Waals surface area contributed by atoms with Gasteiger partial charge >= 0.3 is 0 Å². The lowest BCUT2D eigenvalue weighted by Crippen LogP contribution is -2.61. The summed E-state index contributed by atoms with van der Waals surface area (Å²) in [4.78, 5) is 12.8. The second-order valence-corrected chi connectivity index (χ2v) is 10.5.